The standard InChI is InChI=1S/C21H20N6O3/c1-14-20(27(29)30)15(2)26(24-14)12-16-6-8-17(9-7-16)21(28)22-11-18-13-25-10-4-3-5-19(25)23-18/h3-10,13H,11-12H2,1-2H3,(H,22,28). The summed E-state index contributed by atoms with van der Waals surface area (Å²) in [7, 11) is 0. The van der Waals surface area contributed by atoms with Gasteiger partial charge in [0, 0.05) is 18.0 Å². The van der Waals surface area contributed by atoms with Gasteiger partial charge in [0.05, 0.1) is 23.7 Å². The van der Waals surface area contributed by atoms with Crippen molar-refractivity contribution in [2.24, 2.45) is 0 Å². The summed E-state index contributed by atoms with van der Waals surface area (Å²) in [5.74, 6) is -0.194. The Hall–Kier alpha value is -4.01. The molecule has 0 saturated heterocycles. The first-order valence-corrected chi connectivity index (χ1v) is 9.40. The molecule has 0 radical (unpaired) electrons. The maximum atomic E-state index is 12.4. The van der Waals surface area contributed by atoms with Crippen LogP contribution in [0.15, 0.2) is 54.9 Å². The highest BCUT2D eigenvalue weighted by Crippen LogP contribution is 2.22. The molecule has 9 heteroatoms. The Bertz CT molecular complexity index is 1210. The molecule has 0 bridgehead atoms. The number of hydrogen-bond acceptors (Lipinski definition) is 5. The van der Waals surface area contributed by atoms with Crippen molar-refractivity contribution in [3.05, 3.63) is 93.2 Å². The zero-order valence-electron chi connectivity index (χ0n) is 16.6. The summed E-state index contributed by atoms with van der Waals surface area (Å²) >= 11 is 0. The molecule has 152 valence electrons. The number of amides is 1. The number of hydrogen-bond donors (Lipinski definition) is 1. The van der Waals surface area contributed by atoms with Crippen LogP contribution in [-0.4, -0.2) is 30.0 Å². The van der Waals surface area contributed by atoms with E-state index >= 15 is 0 Å². The minimum Gasteiger partial charge on any atom is -0.346 e. The normalized spacial score (nSPS) is 11.0. The van der Waals surface area contributed by atoms with Crippen molar-refractivity contribution < 1.29 is 9.72 Å². The molecule has 1 N–H and O–H groups in total. The van der Waals surface area contributed by atoms with Gasteiger partial charge in [-0.3, -0.25) is 19.6 Å². The Labute approximate surface area is 172 Å². The van der Waals surface area contributed by atoms with Crippen molar-refractivity contribution in [3.63, 3.8) is 0 Å². The van der Waals surface area contributed by atoms with Crippen LogP contribution in [0.3, 0.4) is 0 Å². The quantitative estimate of drug-likeness (QED) is 0.393. The summed E-state index contributed by atoms with van der Waals surface area (Å²) in [6, 6.07) is 12.8. The number of carbonyl (C=O) groups excluding carboxylic acids is 1. The fourth-order valence-corrected chi connectivity index (χ4v) is 3.39. The summed E-state index contributed by atoms with van der Waals surface area (Å²) in [4.78, 5) is 27.6. The van der Waals surface area contributed by atoms with Gasteiger partial charge in [0.1, 0.15) is 17.0 Å². The fourth-order valence-electron chi connectivity index (χ4n) is 3.39. The molecule has 1 aromatic carbocycles. The van der Waals surface area contributed by atoms with Crippen LogP contribution in [-0.2, 0) is 13.1 Å². The number of aryl methyl sites for hydroxylation is 1. The molecular weight excluding hydrogens is 384 g/mol. The topological polar surface area (TPSA) is 107 Å². The lowest BCUT2D eigenvalue weighted by Crippen LogP contribution is -2.22. The van der Waals surface area contributed by atoms with Crippen LogP contribution in [0.1, 0.15) is 33.0 Å². The SMILES string of the molecule is Cc1nn(Cc2ccc(C(=O)NCc3cn4ccccc4n3)cc2)c(C)c1[N+](=O)[O-]. The van der Waals surface area contributed by atoms with E-state index in [1.165, 1.54) is 0 Å². The Morgan fingerprint density at radius 3 is 2.60 bits per heavy atom. The average molecular weight is 404 g/mol. The highest BCUT2D eigenvalue weighted by atomic mass is 16.6. The first-order chi connectivity index (χ1) is 14.4. The summed E-state index contributed by atoms with van der Waals surface area (Å²) in [5, 5.41) is 18.3. The molecule has 4 rings (SSSR count). The molecule has 0 saturated carbocycles. The van der Waals surface area contributed by atoms with Crippen LogP contribution in [0.5, 0.6) is 0 Å². The highest BCUT2D eigenvalue weighted by Gasteiger charge is 2.21. The number of benzene rings is 1. The van der Waals surface area contributed by atoms with Crippen molar-refractivity contribution in [3.8, 4) is 0 Å². The lowest BCUT2D eigenvalue weighted by Gasteiger charge is -2.06. The molecule has 0 aliphatic rings. The second-order valence-corrected chi connectivity index (χ2v) is 7.01. The molecule has 30 heavy (non-hydrogen) atoms. The van der Waals surface area contributed by atoms with Gasteiger partial charge in [-0.05, 0) is 43.7 Å². The maximum Gasteiger partial charge on any atom is 0.312 e. The summed E-state index contributed by atoms with van der Waals surface area (Å²) in [5.41, 5.74) is 3.97. The Balaban J connectivity index is 1.41. The maximum absolute atomic E-state index is 12.4. The monoisotopic (exact) mass is 404 g/mol. The Morgan fingerprint density at radius 2 is 1.93 bits per heavy atom. The molecule has 0 spiro atoms. The van der Waals surface area contributed by atoms with Crippen molar-refractivity contribution >= 4 is 17.2 Å². The van der Waals surface area contributed by atoms with Crippen LogP contribution >= 0.6 is 0 Å². The van der Waals surface area contributed by atoms with Gasteiger partial charge in [-0.2, -0.15) is 5.10 Å². The number of carbonyl (C=O) groups is 1. The van der Waals surface area contributed by atoms with E-state index in [1.807, 2.05) is 47.1 Å². The lowest BCUT2D eigenvalue weighted by atomic mass is 10.1. The smallest absolute Gasteiger partial charge is 0.312 e. The van der Waals surface area contributed by atoms with Gasteiger partial charge in [0.25, 0.3) is 5.91 Å². The van der Waals surface area contributed by atoms with Crippen molar-refractivity contribution in [2.45, 2.75) is 26.9 Å². The van der Waals surface area contributed by atoms with Gasteiger partial charge in [-0.25, -0.2) is 4.98 Å². The van der Waals surface area contributed by atoms with Gasteiger partial charge in [-0.15, -0.1) is 0 Å². The van der Waals surface area contributed by atoms with Gasteiger partial charge >= 0.3 is 5.69 Å². The van der Waals surface area contributed by atoms with E-state index < -0.39 is 4.92 Å². The molecule has 3 aromatic heterocycles. The number of nitrogens with one attached hydrogen (secondary N) is 1. The molecule has 3 heterocycles. The molecule has 0 aliphatic heterocycles. The average Bonchev–Trinajstić information content (AvgIpc) is 3.26. The second-order valence-electron chi connectivity index (χ2n) is 7.01. The van der Waals surface area contributed by atoms with Crippen molar-refractivity contribution in [1.82, 2.24) is 24.5 Å². The third kappa shape index (κ3) is 3.77. The highest BCUT2D eigenvalue weighted by molar-refractivity contribution is 5.94. The van der Waals surface area contributed by atoms with Gasteiger partial charge in [0.2, 0.25) is 0 Å². The molecule has 4 aromatic rings. The number of rotatable bonds is 6. The number of imidazole rings is 1. The summed E-state index contributed by atoms with van der Waals surface area (Å²) in [6.07, 6.45) is 3.79. The summed E-state index contributed by atoms with van der Waals surface area (Å²) in [6.45, 7) is 4.03. The minimum absolute atomic E-state index is 0.0398. The Morgan fingerprint density at radius 1 is 1.17 bits per heavy atom. The largest absolute Gasteiger partial charge is 0.346 e. The van der Waals surface area contributed by atoms with Crippen LogP contribution in [0, 0.1) is 24.0 Å². The number of nitrogens with zero attached hydrogens (tertiary/aromatic N) is 5. The molecular formula is C21H20N6O3. The minimum atomic E-state index is -0.412. The third-order valence-corrected chi connectivity index (χ3v) is 4.92. The van der Waals surface area contributed by atoms with Crippen LogP contribution < -0.4 is 5.32 Å². The van der Waals surface area contributed by atoms with E-state index in [-0.39, 0.29) is 11.6 Å². The second kappa shape index (κ2) is 7.78. The predicted octanol–water partition coefficient (Wildman–Crippen LogP) is 3.03. The van der Waals surface area contributed by atoms with Gasteiger partial charge < -0.3 is 9.72 Å². The molecule has 1 amide bonds. The first kappa shape index (κ1) is 19.3. The fraction of sp³-hybridized carbons (Fsp3) is 0.190. The van der Waals surface area contributed by atoms with Crippen LogP contribution in [0.25, 0.3) is 5.65 Å². The summed E-state index contributed by atoms with van der Waals surface area (Å²) < 4.78 is 3.51. The molecule has 9 nitrogen and oxygen atoms in total. The van der Waals surface area contributed by atoms with E-state index in [4.69, 9.17) is 0 Å². The van der Waals surface area contributed by atoms with E-state index in [1.54, 1.807) is 30.7 Å². The van der Waals surface area contributed by atoms with E-state index in [9.17, 15) is 14.9 Å². The van der Waals surface area contributed by atoms with Gasteiger partial charge in [-0.1, -0.05) is 18.2 Å². The molecule has 0 aliphatic carbocycles. The lowest BCUT2D eigenvalue weighted by molar-refractivity contribution is -0.386. The van der Waals surface area contributed by atoms with Crippen LogP contribution in [0.4, 0.5) is 5.69 Å². The number of pyridine rings is 1. The first-order valence-electron chi connectivity index (χ1n) is 9.40. The Kier molecular flexibility index (Phi) is 5.01. The number of nitro groups is 1. The predicted molar refractivity (Wildman–Crippen MR) is 110 cm³/mol. The van der Waals surface area contributed by atoms with E-state index in [0.717, 1.165) is 16.9 Å². The van der Waals surface area contributed by atoms with E-state index in [2.05, 4.69) is 15.4 Å². The molecule has 0 atom stereocenters. The van der Waals surface area contributed by atoms with Gasteiger partial charge in [0.15, 0.2) is 0 Å². The van der Waals surface area contributed by atoms with Crippen molar-refractivity contribution in [1.29, 1.82) is 0 Å². The zero-order chi connectivity index (χ0) is 21.3. The van der Waals surface area contributed by atoms with Crippen LogP contribution in [0.2, 0.25) is 0 Å². The zero-order valence-corrected chi connectivity index (χ0v) is 16.6. The van der Waals surface area contributed by atoms with E-state index in [0.29, 0.717) is 30.0 Å². The third-order valence-electron chi connectivity index (χ3n) is 4.92. The van der Waals surface area contributed by atoms with Crippen molar-refractivity contribution in [2.75, 3.05) is 0 Å². The number of aromatic nitrogens is 4. The number of fused-ring (bicyclic) bond motifs is 1. The molecule has 0 fully saturated rings. The molecule has 0 unspecified atom stereocenters.